The van der Waals surface area contributed by atoms with E-state index in [1.165, 1.54) is 0 Å². The van der Waals surface area contributed by atoms with Crippen LogP contribution in [0.15, 0.2) is 30.0 Å². The number of piperidine rings is 1. The molecule has 0 bridgehead atoms. The maximum absolute atomic E-state index is 12.3. The summed E-state index contributed by atoms with van der Waals surface area (Å²) in [7, 11) is 0. The number of hydrogen-bond acceptors (Lipinski definition) is 5. The topological polar surface area (TPSA) is 82.4 Å². The quantitative estimate of drug-likeness (QED) is 0.485. The third-order valence-corrected chi connectivity index (χ3v) is 4.66. The average Bonchev–Trinajstić information content (AvgIpc) is 2.63. The van der Waals surface area contributed by atoms with Gasteiger partial charge in [0, 0.05) is 30.0 Å². The molecule has 26 heavy (non-hydrogen) atoms. The first kappa shape index (κ1) is 19.8. The number of nitrogens with zero attached hydrogens (tertiary/aromatic N) is 2. The largest absolute Gasteiger partial charge is 0.466 e. The van der Waals surface area contributed by atoms with Crippen molar-refractivity contribution >= 4 is 29.2 Å². The standard InChI is InChI=1S/C19H22ClN3O3/c1-3-26-19(25)14-6-8-23(9-7-14)12-15(11-21)18(24)22-16-5-4-13(2)17(20)10-16/h4-5,10,12,14H,3,6-9H2,1-2H3,(H,22,24)/b15-12-. The van der Waals surface area contributed by atoms with Crippen LogP contribution in [0, 0.1) is 24.2 Å². The summed E-state index contributed by atoms with van der Waals surface area (Å²) < 4.78 is 5.04. The molecule has 0 aliphatic carbocycles. The summed E-state index contributed by atoms with van der Waals surface area (Å²) in [6.45, 7) is 5.22. The molecule has 0 unspecified atom stereocenters. The number of anilines is 1. The number of hydrogen-bond donors (Lipinski definition) is 1. The maximum Gasteiger partial charge on any atom is 0.309 e. The Kier molecular flexibility index (Phi) is 7.05. The zero-order chi connectivity index (χ0) is 19.1. The van der Waals surface area contributed by atoms with Gasteiger partial charge in [-0.05, 0) is 44.4 Å². The van der Waals surface area contributed by atoms with Gasteiger partial charge in [0.25, 0.3) is 5.91 Å². The summed E-state index contributed by atoms with van der Waals surface area (Å²) in [6, 6.07) is 7.11. The number of carbonyl (C=O) groups excluding carboxylic acids is 2. The van der Waals surface area contributed by atoms with E-state index in [1.54, 1.807) is 31.3 Å². The molecule has 6 nitrogen and oxygen atoms in total. The number of nitriles is 1. The van der Waals surface area contributed by atoms with Crippen LogP contribution in [0.2, 0.25) is 5.02 Å². The van der Waals surface area contributed by atoms with Crippen LogP contribution in [0.25, 0.3) is 0 Å². The molecule has 0 radical (unpaired) electrons. The van der Waals surface area contributed by atoms with Gasteiger partial charge < -0.3 is 15.0 Å². The van der Waals surface area contributed by atoms with Gasteiger partial charge in [0.05, 0.1) is 12.5 Å². The lowest BCUT2D eigenvalue weighted by atomic mass is 9.97. The lowest BCUT2D eigenvalue weighted by molar-refractivity contribution is -0.149. The second-order valence-electron chi connectivity index (χ2n) is 6.13. The molecule has 1 amide bonds. The summed E-state index contributed by atoms with van der Waals surface area (Å²) in [5.41, 5.74) is 1.45. The van der Waals surface area contributed by atoms with E-state index in [-0.39, 0.29) is 17.5 Å². The van der Waals surface area contributed by atoms with Gasteiger partial charge in [-0.25, -0.2) is 0 Å². The van der Waals surface area contributed by atoms with Crippen molar-refractivity contribution in [3.63, 3.8) is 0 Å². The summed E-state index contributed by atoms with van der Waals surface area (Å²) >= 11 is 6.05. The Morgan fingerprint density at radius 1 is 1.42 bits per heavy atom. The predicted octanol–water partition coefficient (Wildman–Crippen LogP) is 3.27. The van der Waals surface area contributed by atoms with Crippen molar-refractivity contribution in [2.75, 3.05) is 25.0 Å². The van der Waals surface area contributed by atoms with Gasteiger partial charge in [-0.3, -0.25) is 9.59 Å². The van der Waals surface area contributed by atoms with Gasteiger partial charge in [-0.1, -0.05) is 17.7 Å². The van der Waals surface area contributed by atoms with Crippen molar-refractivity contribution in [3.05, 3.63) is 40.6 Å². The van der Waals surface area contributed by atoms with Gasteiger partial charge in [-0.15, -0.1) is 0 Å². The minimum absolute atomic E-state index is 0.0104. The van der Waals surface area contributed by atoms with Crippen molar-refractivity contribution in [1.29, 1.82) is 5.26 Å². The van der Waals surface area contributed by atoms with Crippen LogP contribution in [-0.2, 0) is 14.3 Å². The highest BCUT2D eigenvalue weighted by Gasteiger charge is 2.25. The summed E-state index contributed by atoms with van der Waals surface area (Å²) in [5, 5.41) is 12.5. The Morgan fingerprint density at radius 3 is 2.69 bits per heavy atom. The van der Waals surface area contributed by atoms with Crippen LogP contribution in [-0.4, -0.2) is 36.5 Å². The number of benzene rings is 1. The first-order valence-electron chi connectivity index (χ1n) is 8.54. The number of halogens is 1. The van der Waals surface area contributed by atoms with Crippen LogP contribution in [0.4, 0.5) is 5.69 Å². The molecule has 2 rings (SSSR count). The molecular weight excluding hydrogens is 354 g/mol. The maximum atomic E-state index is 12.3. The summed E-state index contributed by atoms with van der Waals surface area (Å²) in [4.78, 5) is 26.0. The van der Waals surface area contributed by atoms with Crippen LogP contribution in [0.3, 0.4) is 0 Å². The fraction of sp³-hybridized carbons (Fsp3) is 0.421. The Morgan fingerprint density at radius 2 is 2.12 bits per heavy atom. The zero-order valence-electron chi connectivity index (χ0n) is 14.9. The van der Waals surface area contributed by atoms with Crippen molar-refractivity contribution < 1.29 is 14.3 Å². The summed E-state index contributed by atoms with van der Waals surface area (Å²) in [6.07, 6.45) is 2.83. The SMILES string of the molecule is CCOC(=O)C1CCN(/C=C(/C#N)C(=O)Nc2ccc(C)c(Cl)c2)CC1. The van der Waals surface area contributed by atoms with E-state index in [9.17, 15) is 14.9 Å². The molecule has 1 aliphatic heterocycles. The van der Waals surface area contributed by atoms with Crippen LogP contribution in [0.5, 0.6) is 0 Å². The molecule has 138 valence electrons. The molecule has 1 aromatic rings. The fourth-order valence-electron chi connectivity index (χ4n) is 2.71. The van der Waals surface area contributed by atoms with Crippen molar-refractivity contribution in [3.8, 4) is 6.07 Å². The predicted molar refractivity (Wildman–Crippen MR) is 99.4 cm³/mol. The molecule has 1 saturated heterocycles. The molecule has 1 N–H and O–H groups in total. The molecule has 7 heteroatoms. The number of esters is 1. The third kappa shape index (κ3) is 5.24. The van der Waals surface area contributed by atoms with E-state index >= 15 is 0 Å². The highest BCUT2D eigenvalue weighted by molar-refractivity contribution is 6.31. The first-order chi connectivity index (χ1) is 12.4. The smallest absolute Gasteiger partial charge is 0.309 e. The van der Waals surface area contributed by atoms with Gasteiger partial charge in [0.15, 0.2) is 0 Å². The Labute approximate surface area is 158 Å². The Bertz CT molecular complexity index is 747. The lowest BCUT2D eigenvalue weighted by Gasteiger charge is -2.30. The van der Waals surface area contributed by atoms with E-state index in [4.69, 9.17) is 16.3 Å². The van der Waals surface area contributed by atoms with Crippen molar-refractivity contribution in [1.82, 2.24) is 4.90 Å². The minimum atomic E-state index is -0.486. The molecule has 1 heterocycles. The number of likely N-dealkylation sites (tertiary alicyclic amines) is 1. The lowest BCUT2D eigenvalue weighted by Crippen LogP contribution is -2.34. The van der Waals surface area contributed by atoms with Crippen LogP contribution < -0.4 is 5.32 Å². The average molecular weight is 376 g/mol. The molecule has 0 atom stereocenters. The molecule has 0 spiro atoms. The fourth-order valence-corrected chi connectivity index (χ4v) is 2.89. The Hall–Kier alpha value is -2.52. The van der Waals surface area contributed by atoms with Crippen molar-refractivity contribution in [2.24, 2.45) is 5.92 Å². The molecular formula is C19H22ClN3O3. The number of amides is 1. The number of carbonyl (C=O) groups is 2. The van der Waals surface area contributed by atoms with Gasteiger partial charge in [0.1, 0.15) is 11.6 Å². The highest BCUT2D eigenvalue weighted by atomic mass is 35.5. The van der Waals surface area contributed by atoms with Crippen LogP contribution in [0.1, 0.15) is 25.3 Å². The van der Waals surface area contributed by atoms with Crippen LogP contribution >= 0.6 is 11.6 Å². The number of aryl methyl sites for hydroxylation is 1. The molecule has 0 saturated carbocycles. The first-order valence-corrected chi connectivity index (χ1v) is 8.92. The normalized spacial score (nSPS) is 15.3. The van der Waals surface area contributed by atoms with E-state index in [1.807, 2.05) is 17.9 Å². The third-order valence-electron chi connectivity index (χ3n) is 4.26. The van der Waals surface area contributed by atoms with E-state index < -0.39 is 5.91 Å². The minimum Gasteiger partial charge on any atom is -0.466 e. The number of ether oxygens (including phenoxy) is 1. The molecule has 1 aliphatic rings. The van der Waals surface area contributed by atoms with Crippen molar-refractivity contribution in [2.45, 2.75) is 26.7 Å². The van der Waals surface area contributed by atoms with E-state index in [0.717, 1.165) is 5.56 Å². The van der Waals surface area contributed by atoms with Gasteiger partial charge in [0.2, 0.25) is 0 Å². The second kappa shape index (κ2) is 9.25. The molecule has 1 fully saturated rings. The number of rotatable bonds is 5. The zero-order valence-corrected chi connectivity index (χ0v) is 15.7. The monoisotopic (exact) mass is 375 g/mol. The van der Waals surface area contributed by atoms with Gasteiger partial charge >= 0.3 is 5.97 Å². The molecule has 0 aromatic heterocycles. The Balaban J connectivity index is 1.97. The highest BCUT2D eigenvalue weighted by Crippen LogP contribution is 2.21. The van der Waals surface area contributed by atoms with E-state index in [0.29, 0.717) is 43.2 Å². The summed E-state index contributed by atoms with van der Waals surface area (Å²) in [5.74, 6) is -0.778. The van der Waals surface area contributed by atoms with Gasteiger partial charge in [-0.2, -0.15) is 5.26 Å². The number of nitrogens with one attached hydrogen (secondary N) is 1. The molecule has 1 aromatic carbocycles. The second-order valence-corrected chi connectivity index (χ2v) is 6.54. The van der Waals surface area contributed by atoms with E-state index in [2.05, 4.69) is 5.32 Å².